The third-order valence-electron chi connectivity index (χ3n) is 3.71. The number of hydrogen-bond donors (Lipinski definition) is 1. The molecule has 1 N–H and O–H groups in total. The van der Waals surface area contributed by atoms with Gasteiger partial charge < -0.3 is 9.84 Å². The molecular weight excluding hydrogens is 280 g/mol. The normalized spacial score (nSPS) is 18.8. The van der Waals surface area contributed by atoms with Crippen molar-refractivity contribution in [3.05, 3.63) is 35.6 Å². The molecule has 114 valence electrons. The number of aryl methyl sites for hydroxylation is 1. The fourth-order valence-electron chi connectivity index (χ4n) is 2.73. The zero-order valence-electron chi connectivity index (χ0n) is 12.5. The molecule has 0 radical (unpaired) electrons. The van der Waals surface area contributed by atoms with Gasteiger partial charge in [-0.05, 0) is 31.5 Å². The standard InChI is InChI=1S/C15H18N6O/c1-11-18-14(20-22-11)10-21-7-3-5-13(9-21)19-15-12(8-16)4-2-6-17-15/h2,4,6,13H,3,5,7,9-10H2,1H3,(H,17,19). The van der Waals surface area contributed by atoms with E-state index < -0.39 is 0 Å². The lowest BCUT2D eigenvalue weighted by atomic mass is 10.1. The molecule has 1 atom stereocenters. The van der Waals surface area contributed by atoms with Crippen LogP contribution in [-0.4, -0.2) is 39.2 Å². The molecule has 7 heteroatoms. The van der Waals surface area contributed by atoms with Crippen molar-refractivity contribution in [3.63, 3.8) is 0 Å². The van der Waals surface area contributed by atoms with Crippen LogP contribution in [-0.2, 0) is 6.54 Å². The molecule has 0 aliphatic carbocycles. The van der Waals surface area contributed by atoms with Gasteiger partial charge >= 0.3 is 0 Å². The van der Waals surface area contributed by atoms with Crippen molar-refractivity contribution in [2.75, 3.05) is 18.4 Å². The summed E-state index contributed by atoms with van der Waals surface area (Å²) in [6, 6.07) is 5.98. The molecule has 2 aromatic rings. The van der Waals surface area contributed by atoms with E-state index in [1.54, 1.807) is 25.3 Å². The Morgan fingerprint density at radius 3 is 3.23 bits per heavy atom. The minimum absolute atomic E-state index is 0.267. The summed E-state index contributed by atoms with van der Waals surface area (Å²) in [6.07, 6.45) is 3.85. The Hall–Kier alpha value is -2.46. The van der Waals surface area contributed by atoms with Crippen LogP contribution >= 0.6 is 0 Å². The zero-order chi connectivity index (χ0) is 15.4. The molecule has 7 nitrogen and oxygen atoms in total. The van der Waals surface area contributed by atoms with Crippen molar-refractivity contribution < 1.29 is 4.52 Å². The van der Waals surface area contributed by atoms with E-state index in [0.29, 0.717) is 29.6 Å². The number of piperidine rings is 1. The zero-order valence-corrected chi connectivity index (χ0v) is 12.5. The summed E-state index contributed by atoms with van der Waals surface area (Å²) in [6.45, 7) is 4.36. The summed E-state index contributed by atoms with van der Waals surface area (Å²) in [5, 5.41) is 16.5. The number of anilines is 1. The molecule has 3 rings (SSSR count). The summed E-state index contributed by atoms with van der Waals surface area (Å²) < 4.78 is 5.01. The molecule has 0 aromatic carbocycles. The minimum atomic E-state index is 0.267. The van der Waals surface area contributed by atoms with Crippen LogP contribution in [0.15, 0.2) is 22.9 Å². The molecule has 1 aliphatic heterocycles. The van der Waals surface area contributed by atoms with Crippen LogP contribution in [0, 0.1) is 18.3 Å². The Balaban J connectivity index is 1.62. The SMILES string of the molecule is Cc1nc(CN2CCCC(Nc3ncccc3C#N)C2)no1. The molecule has 0 amide bonds. The van der Waals surface area contributed by atoms with Crippen molar-refractivity contribution in [1.82, 2.24) is 20.0 Å². The number of nitriles is 1. The predicted octanol–water partition coefficient (Wildman–Crippen LogP) is 1.72. The van der Waals surface area contributed by atoms with E-state index in [1.807, 2.05) is 0 Å². The molecule has 2 aromatic heterocycles. The molecule has 1 unspecified atom stereocenters. The van der Waals surface area contributed by atoms with E-state index >= 15 is 0 Å². The maximum atomic E-state index is 9.13. The first-order chi connectivity index (χ1) is 10.7. The molecular formula is C15H18N6O. The molecule has 22 heavy (non-hydrogen) atoms. The Kier molecular flexibility index (Phi) is 4.30. The highest BCUT2D eigenvalue weighted by Gasteiger charge is 2.22. The van der Waals surface area contributed by atoms with Gasteiger partial charge in [-0.1, -0.05) is 5.16 Å². The molecule has 0 bridgehead atoms. The van der Waals surface area contributed by atoms with Gasteiger partial charge in [0.15, 0.2) is 5.82 Å². The third-order valence-corrected chi connectivity index (χ3v) is 3.71. The van der Waals surface area contributed by atoms with Crippen molar-refractivity contribution in [1.29, 1.82) is 5.26 Å². The number of aromatic nitrogens is 3. The molecule has 3 heterocycles. The summed E-state index contributed by atoms with van der Waals surface area (Å²) in [7, 11) is 0. The number of nitrogens with one attached hydrogen (secondary N) is 1. The fourth-order valence-corrected chi connectivity index (χ4v) is 2.73. The van der Waals surface area contributed by atoms with Crippen LogP contribution in [0.3, 0.4) is 0 Å². The van der Waals surface area contributed by atoms with Gasteiger partial charge in [-0.15, -0.1) is 0 Å². The van der Waals surface area contributed by atoms with Gasteiger partial charge in [0.2, 0.25) is 5.89 Å². The average Bonchev–Trinajstić information content (AvgIpc) is 2.93. The van der Waals surface area contributed by atoms with Gasteiger partial charge in [0, 0.05) is 25.7 Å². The van der Waals surface area contributed by atoms with E-state index in [-0.39, 0.29) is 6.04 Å². The molecule has 0 spiro atoms. The van der Waals surface area contributed by atoms with E-state index in [9.17, 15) is 0 Å². The fraction of sp³-hybridized carbons (Fsp3) is 0.467. The van der Waals surface area contributed by atoms with Crippen molar-refractivity contribution in [2.45, 2.75) is 32.4 Å². The lowest BCUT2D eigenvalue weighted by Crippen LogP contribution is -2.42. The van der Waals surface area contributed by atoms with Crippen molar-refractivity contribution >= 4 is 5.82 Å². The van der Waals surface area contributed by atoms with Crippen molar-refractivity contribution in [2.24, 2.45) is 0 Å². The molecule has 1 fully saturated rings. The lowest BCUT2D eigenvalue weighted by Gasteiger charge is -2.32. The predicted molar refractivity (Wildman–Crippen MR) is 79.9 cm³/mol. The van der Waals surface area contributed by atoms with E-state index in [0.717, 1.165) is 25.9 Å². The van der Waals surface area contributed by atoms with Crippen molar-refractivity contribution in [3.8, 4) is 6.07 Å². The minimum Gasteiger partial charge on any atom is -0.365 e. The molecule has 1 saturated heterocycles. The highest BCUT2D eigenvalue weighted by Crippen LogP contribution is 2.18. The first-order valence-corrected chi connectivity index (χ1v) is 7.38. The smallest absolute Gasteiger partial charge is 0.223 e. The lowest BCUT2D eigenvalue weighted by molar-refractivity contribution is 0.201. The number of hydrogen-bond acceptors (Lipinski definition) is 7. The third kappa shape index (κ3) is 3.40. The maximum Gasteiger partial charge on any atom is 0.223 e. The average molecular weight is 298 g/mol. The second-order valence-corrected chi connectivity index (χ2v) is 5.46. The quantitative estimate of drug-likeness (QED) is 0.918. The Morgan fingerprint density at radius 1 is 1.55 bits per heavy atom. The topological polar surface area (TPSA) is 90.9 Å². The van der Waals surface area contributed by atoms with E-state index in [4.69, 9.17) is 9.78 Å². The van der Waals surface area contributed by atoms with E-state index in [2.05, 4.69) is 31.4 Å². The van der Waals surface area contributed by atoms with Gasteiger partial charge in [0.05, 0.1) is 12.1 Å². The van der Waals surface area contributed by atoms with Gasteiger partial charge in [-0.3, -0.25) is 4.90 Å². The summed E-state index contributed by atoms with van der Waals surface area (Å²) in [5.41, 5.74) is 0.577. The van der Waals surface area contributed by atoms with Gasteiger partial charge in [0.1, 0.15) is 11.9 Å². The summed E-state index contributed by atoms with van der Waals surface area (Å²) in [4.78, 5) is 10.8. The monoisotopic (exact) mass is 298 g/mol. The Morgan fingerprint density at radius 2 is 2.45 bits per heavy atom. The van der Waals surface area contributed by atoms with Crippen LogP contribution < -0.4 is 5.32 Å². The molecule has 0 saturated carbocycles. The first-order valence-electron chi connectivity index (χ1n) is 7.38. The largest absolute Gasteiger partial charge is 0.365 e. The van der Waals surface area contributed by atoms with Gasteiger partial charge in [0.25, 0.3) is 0 Å². The van der Waals surface area contributed by atoms with Gasteiger partial charge in [-0.25, -0.2) is 4.98 Å². The van der Waals surface area contributed by atoms with Crippen LogP contribution in [0.25, 0.3) is 0 Å². The van der Waals surface area contributed by atoms with Crippen LogP contribution in [0.1, 0.15) is 30.1 Å². The van der Waals surface area contributed by atoms with Gasteiger partial charge in [-0.2, -0.15) is 10.2 Å². The Labute approximate surface area is 129 Å². The number of pyridine rings is 1. The maximum absolute atomic E-state index is 9.13. The second kappa shape index (κ2) is 6.54. The second-order valence-electron chi connectivity index (χ2n) is 5.46. The number of rotatable bonds is 4. The summed E-state index contributed by atoms with van der Waals surface area (Å²) in [5.74, 6) is 1.97. The summed E-state index contributed by atoms with van der Waals surface area (Å²) >= 11 is 0. The Bertz CT molecular complexity index is 677. The van der Waals surface area contributed by atoms with E-state index in [1.165, 1.54) is 0 Å². The highest BCUT2D eigenvalue weighted by atomic mass is 16.5. The van der Waals surface area contributed by atoms with Crippen LogP contribution in [0.4, 0.5) is 5.82 Å². The van der Waals surface area contributed by atoms with Crippen LogP contribution in [0.5, 0.6) is 0 Å². The molecule has 1 aliphatic rings. The number of nitrogens with zero attached hydrogens (tertiary/aromatic N) is 5. The first kappa shape index (κ1) is 14.5. The highest BCUT2D eigenvalue weighted by molar-refractivity contribution is 5.51. The van der Waals surface area contributed by atoms with Crippen LogP contribution in [0.2, 0.25) is 0 Å². The number of likely N-dealkylation sites (tertiary alicyclic amines) is 1.